The number of alkyl halides is 2. The molecule has 2 saturated heterocycles. The topological polar surface area (TPSA) is 118 Å². The molecular weight excluding hydrogens is 526 g/mol. The lowest BCUT2D eigenvalue weighted by Crippen LogP contribution is -2.51. The van der Waals surface area contributed by atoms with Crippen LogP contribution in [-0.2, 0) is 19.0 Å². The van der Waals surface area contributed by atoms with Gasteiger partial charge in [0.15, 0.2) is 0 Å². The summed E-state index contributed by atoms with van der Waals surface area (Å²) in [6, 6.07) is 0. The molecule has 2 aliphatic heterocycles. The minimum Gasteiger partial charge on any atom is -0.469 e. The average Bonchev–Trinajstić information content (AvgIpc) is 2.81. The second kappa shape index (κ2) is 14.6. The van der Waals surface area contributed by atoms with Crippen LogP contribution in [0.5, 0.6) is 0 Å². The summed E-state index contributed by atoms with van der Waals surface area (Å²) >= 11 is 0. The Labute approximate surface area is 238 Å². The third-order valence-electron chi connectivity index (χ3n) is 6.51. The number of ether oxygens (including phenoxy) is 3. The summed E-state index contributed by atoms with van der Waals surface area (Å²) in [4.78, 5) is 36.8. The highest BCUT2D eigenvalue weighted by atomic mass is 19.1. The number of carbonyl (C=O) groups excluding carboxylic acids is 3. The third-order valence-corrected chi connectivity index (χ3v) is 6.51. The van der Waals surface area contributed by atoms with Crippen LogP contribution in [0.25, 0.3) is 0 Å². The Hall–Kier alpha value is -2.21. The number of methoxy groups -OCH3 is 1. The van der Waals surface area contributed by atoms with Gasteiger partial charge in [-0.1, -0.05) is 0 Å². The second-order valence-electron chi connectivity index (χ2n) is 13.4. The maximum atomic E-state index is 14.8. The largest absolute Gasteiger partial charge is 0.469 e. The van der Waals surface area contributed by atoms with E-state index in [1.807, 2.05) is 13.8 Å². The van der Waals surface area contributed by atoms with Crippen molar-refractivity contribution in [3.8, 4) is 0 Å². The summed E-state index contributed by atoms with van der Waals surface area (Å²) in [6.07, 6.45) is 0.322. The van der Waals surface area contributed by atoms with Crippen LogP contribution >= 0.6 is 0 Å². The molecule has 0 unspecified atom stereocenters. The van der Waals surface area contributed by atoms with E-state index < -0.39 is 40.1 Å². The Morgan fingerprint density at radius 2 is 1.18 bits per heavy atom. The lowest BCUT2D eigenvalue weighted by molar-refractivity contribution is -0.152. The predicted molar refractivity (Wildman–Crippen MR) is 150 cm³/mol. The van der Waals surface area contributed by atoms with Gasteiger partial charge in [-0.2, -0.15) is 0 Å². The molecule has 2 rings (SSSR count). The summed E-state index contributed by atoms with van der Waals surface area (Å²) in [7, 11) is 1.37. The molecule has 12 heteroatoms. The standard InChI is InChI=1S/C17H31FN2O4.C11H21FN2O2/c1-15(2,3)24-14(22)19-11-17(18)7-9-20(10-8-17)12-16(4,5)13(21)23-6;1-10(2,3)16-9(15)14-8-11(12)4-6-13-7-5-11/h7-12H2,1-6H3,(H,19,22);13H,4-8H2,1-3H3,(H,14,15). The summed E-state index contributed by atoms with van der Waals surface area (Å²) in [5, 5.41) is 8.08. The monoisotopic (exact) mass is 578 g/mol. The summed E-state index contributed by atoms with van der Waals surface area (Å²) in [5.41, 5.74) is -4.50. The zero-order chi connectivity index (χ0) is 30.8. The highest BCUT2D eigenvalue weighted by Crippen LogP contribution is 2.29. The van der Waals surface area contributed by atoms with Crippen molar-refractivity contribution in [3.63, 3.8) is 0 Å². The quantitative estimate of drug-likeness (QED) is 0.305. The van der Waals surface area contributed by atoms with Gasteiger partial charge in [-0.15, -0.1) is 0 Å². The van der Waals surface area contributed by atoms with Gasteiger partial charge in [0.1, 0.15) is 22.5 Å². The number of nitrogens with one attached hydrogen (secondary N) is 3. The van der Waals surface area contributed by atoms with Crippen LogP contribution in [0.4, 0.5) is 18.4 Å². The van der Waals surface area contributed by atoms with Gasteiger partial charge in [0.05, 0.1) is 25.6 Å². The first-order chi connectivity index (χ1) is 18.2. The van der Waals surface area contributed by atoms with Crippen molar-refractivity contribution in [2.75, 3.05) is 52.9 Å². The van der Waals surface area contributed by atoms with E-state index in [-0.39, 0.29) is 19.1 Å². The first-order valence-corrected chi connectivity index (χ1v) is 14.0. The lowest BCUT2D eigenvalue weighted by atomic mass is 9.89. The number of carbonyl (C=O) groups is 3. The van der Waals surface area contributed by atoms with Gasteiger partial charge in [-0.05, 0) is 94.2 Å². The van der Waals surface area contributed by atoms with Gasteiger partial charge in [-0.25, -0.2) is 18.4 Å². The van der Waals surface area contributed by atoms with E-state index in [1.165, 1.54) is 7.11 Å². The molecule has 234 valence electrons. The van der Waals surface area contributed by atoms with Crippen LogP contribution in [0.1, 0.15) is 81.1 Å². The van der Waals surface area contributed by atoms with E-state index in [0.29, 0.717) is 58.4 Å². The molecule has 2 heterocycles. The predicted octanol–water partition coefficient (Wildman–Crippen LogP) is 4.12. The number of hydrogen-bond acceptors (Lipinski definition) is 8. The van der Waals surface area contributed by atoms with E-state index in [2.05, 4.69) is 20.9 Å². The minimum absolute atomic E-state index is 0.0313. The fraction of sp³-hybridized carbons (Fsp3) is 0.893. The Balaban J connectivity index is 0.000000433. The Bertz CT molecular complexity index is 828. The molecule has 0 radical (unpaired) electrons. The smallest absolute Gasteiger partial charge is 0.407 e. The van der Waals surface area contributed by atoms with Crippen LogP contribution in [0.3, 0.4) is 0 Å². The van der Waals surface area contributed by atoms with Gasteiger partial charge >= 0.3 is 18.2 Å². The number of halogens is 2. The first-order valence-electron chi connectivity index (χ1n) is 14.0. The summed E-state index contributed by atoms with van der Waals surface area (Å²) in [5.74, 6) is -0.272. The van der Waals surface area contributed by atoms with Gasteiger partial charge in [-0.3, -0.25) is 4.79 Å². The number of rotatable bonds is 7. The van der Waals surface area contributed by atoms with Crippen LogP contribution < -0.4 is 16.0 Å². The van der Waals surface area contributed by atoms with E-state index in [1.54, 1.807) is 41.5 Å². The molecule has 10 nitrogen and oxygen atoms in total. The third kappa shape index (κ3) is 14.4. The molecule has 2 aliphatic rings. The maximum absolute atomic E-state index is 14.8. The molecule has 2 fully saturated rings. The van der Waals surface area contributed by atoms with E-state index in [0.717, 1.165) is 0 Å². The first kappa shape index (κ1) is 35.8. The van der Waals surface area contributed by atoms with E-state index in [9.17, 15) is 23.2 Å². The Morgan fingerprint density at radius 3 is 1.55 bits per heavy atom. The highest BCUT2D eigenvalue weighted by Gasteiger charge is 2.38. The molecule has 0 aromatic heterocycles. The van der Waals surface area contributed by atoms with Crippen molar-refractivity contribution in [1.82, 2.24) is 20.9 Å². The van der Waals surface area contributed by atoms with Crippen molar-refractivity contribution >= 4 is 18.2 Å². The van der Waals surface area contributed by atoms with Crippen LogP contribution in [0.15, 0.2) is 0 Å². The fourth-order valence-corrected chi connectivity index (χ4v) is 4.33. The van der Waals surface area contributed by atoms with E-state index >= 15 is 0 Å². The molecule has 0 spiro atoms. The Morgan fingerprint density at radius 1 is 0.775 bits per heavy atom. The van der Waals surface area contributed by atoms with Crippen molar-refractivity contribution in [2.45, 2.75) is 104 Å². The molecule has 0 aromatic carbocycles. The van der Waals surface area contributed by atoms with Crippen molar-refractivity contribution in [3.05, 3.63) is 0 Å². The molecule has 0 bridgehead atoms. The zero-order valence-corrected chi connectivity index (χ0v) is 25.9. The minimum atomic E-state index is -1.44. The number of esters is 1. The molecule has 3 N–H and O–H groups in total. The number of amides is 2. The highest BCUT2D eigenvalue weighted by molar-refractivity contribution is 5.76. The van der Waals surface area contributed by atoms with Gasteiger partial charge in [0, 0.05) is 19.6 Å². The number of piperidine rings is 2. The van der Waals surface area contributed by atoms with Crippen LogP contribution in [0.2, 0.25) is 0 Å². The SMILES string of the molecule is CC(C)(C)OC(=O)NCC1(F)CCNCC1.COC(=O)C(C)(C)CN1CCC(F)(CNC(=O)OC(C)(C)C)CC1. The molecule has 0 atom stereocenters. The van der Waals surface area contributed by atoms with Crippen LogP contribution in [-0.4, -0.2) is 98.5 Å². The van der Waals surface area contributed by atoms with Crippen molar-refractivity contribution in [1.29, 1.82) is 0 Å². The normalized spacial score (nSPS) is 19.4. The summed E-state index contributed by atoms with van der Waals surface area (Å²) in [6.45, 7) is 17.2. The molecule has 40 heavy (non-hydrogen) atoms. The number of alkyl carbamates (subject to hydrolysis) is 2. The number of likely N-dealkylation sites (tertiary alicyclic amines) is 1. The Kier molecular flexibility index (Phi) is 13.1. The second-order valence-corrected chi connectivity index (χ2v) is 13.4. The van der Waals surface area contributed by atoms with Crippen LogP contribution in [0, 0.1) is 5.41 Å². The zero-order valence-electron chi connectivity index (χ0n) is 25.9. The summed E-state index contributed by atoms with van der Waals surface area (Å²) < 4.78 is 43.8. The van der Waals surface area contributed by atoms with Gasteiger partial charge in [0.2, 0.25) is 0 Å². The maximum Gasteiger partial charge on any atom is 0.407 e. The van der Waals surface area contributed by atoms with Crippen molar-refractivity contribution in [2.24, 2.45) is 5.41 Å². The van der Waals surface area contributed by atoms with Gasteiger partial charge < -0.3 is 35.1 Å². The molecular formula is C28H52F2N4O6. The molecule has 2 amide bonds. The number of nitrogens with zero attached hydrogens (tertiary/aromatic N) is 1. The number of hydrogen-bond donors (Lipinski definition) is 3. The average molecular weight is 579 g/mol. The van der Waals surface area contributed by atoms with Crippen molar-refractivity contribution < 1.29 is 37.4 Å². The van der Waals surface area contributed by atoms with E-state index in [4.69, 9.17) is 14.2 Å². The molecule has 0 aromatic rings. The molecule has 0 aliphatic carbocycles. The fourth-order valence-electron chi connectivity index (χ4n) is 4.33. The molecule has 0 saturated carbocycles. The van der Waals surface area contributed by atoms with Gasteiger partial charge in [0.25, 0.3) is 0 Å². The lowest BCUT2D eigenvalue weighted by Gasteiger charge is -2.39.